The number of carbonyl (C=O) groups excluding carboxylic acids is 1. The molecule has 2 aromatic rings. The minimum atomic E-state index is -0.654. The second-order valence-corrected chi connectivity index (χ2v) is 6.03. The number of para-hydroxylation sites is 1. The van der Waals surface area contributed by atoms with E-state index in [0.29, 0.717) is 6.54 Å². The van der Waals surface area contributed by atoms with Gasteiger partial charge >= 0.3 is 5.69 Å². The number of amides is 1. The summed E-state index contributed by atoms with van der Waals surface area (Å²) < 4.78 is 0.892. The predicted octanol–water partition coefficient (Wildman–Crippen LogP) is 4.00. The molecule has 5 nitrogen and oxygen atoms in total. The zero-order chi connectivity index (χ0) is 14.7. The molecule has 20 heavy (non-hydrogen) atoms. The molecule has 1 aromatic carbocycles. The van der Waals surface area contributed by atoms with Crippen molar-refractivity contribution in [3.05, 3.63) is 59.7 Å². The minimum Gasteiger partial charge on any atom is -0.347 e. The Labute approximate surface area is 131 Å². The minimum absolute atomic E-state index is 0.0461. The number of hydrogen-bond donors (Lipinski definition) is 1. The molecule has 8 heteroatoms. The fourth-order valence-corrected chi connectivity index (χ4v) is 3.27. The highest BCUT2D eigenvalue weighted by molar-refractivity contribution is 9.10. The Morgan fingerprint density at radius 2 is 2.20 bits per heavy atom. The largest absolute Gasteiger partial charge is 0.347 e. The highest BCUT2D eigenvalue weighted by Gasteiger charge is 2.23. The van der Waals surface area contributed by atoms with Crippen LogP contribution in [0.5, 0.6) is 0 Å². The van der Waals surface area contributed by atoms with Gasteiger partial charge < -0.3 is 5.32 Å². The summed E-state index contributed by atoms with van der Waals surface area (Å²) in [4.78, 5) is 23.3. The highest BCUT2D eigenvalue weighted by atomic mass is 79.9. The first-order valence-electron chi connectivity index (χ1n) is 5.43. The maximum absolute atomic E-state index is 12.0. The van der Waals surface area contributed by atoms with Crippen LogP contribution in [0.25, 0.3) is 0 Å². The quantitative estimate of drug-likeness (QED) is 0.648. The summed E-state index contributed by atoms with van der Waals surface area (Å²) in [6, 6.07) is 6.13. The first-order valence-corrected chi connectivity index (χ1v) is 7.48. The molecule has 0 saturated heterocycles. The van der Waals surface area contributed by atoms with Crippen LogP contribution in [0.2, 0.25) is 5.02 Å². The number of benzene rings is 1. The van der Waals surface area contributed by atoms with Crippen molar-refractivity contribution in [2.75, 3.05) is 0 Å². The number of nitro benzene ring substituents is 1. The van der Waals surface area contributed by atoms with Gasteiger partial charge in [0.25, 0.3) is 5.91 Å². The van der Waals surface area contributed by atoms with Gasteiger partial charge in [-0.1, -0.05) is 17.7 Å². The van der Waals surface area contributed by atoms with Gasteiger partial charge in [-0.2, -0.15) is 0 Å². The third-order valence-electron chi connectivity index (χ3n) is 2.51. The van der Waals surface area contributed by atoms with Crippen LogP contribution >= 0.6 is 38.9 Å². The fraction of sp³-hybridized carbons (Fsp3) is 0.0833. The monoisotopic (exact) mass is 374 g/mol. The molecule has 0 saturated carbocycles. The first kappa shape index (κ1) is 15.0. The molecule has 0 bridgehead atoms. The van der Waals surface area contributed by atoms with Crippen molar-refractivity contribution >= 4 is 50.5 Å². The van der Waals surface area contributed by atoms with Crippen molar-refractivity contribution < 1.29 is 9.72 Å². The Hall–Kier alpha value is -1.44. The van der Waals surface area contributed by atoms with Crippen LogP contribution in [-0.4, -0.2) is 10.8 Å². The third-order valence-corrected chi connectivity index (χ3v) is 4.75. The van der Waals surface area contributed by atoms with E-state index in [1.165, 1.54) is 29.5 Å². The number of hydrogen-bond acceptors (Lipinski definition) is 4. The predicted molar refractivity (Wildman–Crippen MR) is 81.3 cm³/mol. The molecule has 0 aliphatic heterocycles. The molecular formula is C12H8BrClN2O3S. The lowest BCUT2D eigenvalue weighted by molar-refractivity contribution is -0.385. The van der Waals surface area contributed by atoms with Crippen LogP contribution in [0.1, 0.15) is 15.2 Å². The van der Waals surface area contributed by atoms with Gasteiger partial charge in [-0.15, -0.1) is 11.3 Å². The van der Waals surface area contributed by atoms with Crippen molar-refractivity contribution in [2.45, 2.75) is 6.54 Å². The molecule has 0 aliphatic carbocycles. The van der Waals surface area contributed by atoms with E-state index in [1.54, 1.807) is 0 Å². The Bertz CT molecular complexity index is 674. The third kappa shape index (κ3) is 3.17. The van der Waals surface area contributed by atoms with E-state index in [1.807, 2.05) is 11.4 Å². The maximum Gasteiger partial charge on any atom is 0.300 e. The molecule has 0 spiro atoms. The Balaban J connectivity index is 2.20. The van der Waals surface area contributed by atoms with Crippen LogP contribution in [0.3, 0.4) is 0 Å². The molecule has 1 heterocycles. The average molecular weight is 376 g/mol. The number of rotatable bonds is 4. The standard InChI is InChI=1S/C12H8BrClN2O3S/c13-8-4-5-20-10(8)6-15-12(17)7-2-1-3-9(14)11(7)16(18)19/h1-5H,6H2,(H,15,17). The van der Waals surface area contributed by atoms with Gasteiger partial charge in [-0.05, 0) is 39.5 Å². The molecule has 104 valence electrons. The van der Waals surface area contributed by atoms with E-state index < -0.39 is 10.8 Å². The highest BCUT2D eigenvalue weighted by Crippen LogP contribution is 2.28. The van der Waals surface area contributed by atoms with Gasteiger partial charge in [0.05, 0.1) is 11.5 Å². The van der Waals surface area contributed by atoms with Gasteiger partial charge in [0.1, 0.15) is 10.6 Å². The Kier molecular flexibility index (Phi) is 4.74. The van der Waals surface area contributed by atoms with E-state index in [0.717, 1.165) is 9.35 Å². The zero-order valence-electron chi connectivity index (χ0n) is 9.93. The second kappa shape index (κ2) is 6.34. The normalized spacial score (nSPS) is 10.3. The summed E-state index contributed by atoms with van der Waals surface area (Å²) in [6.07, 6.45) is 0. The summed E-state index contributed by atoms with van der Waals surface area (Å²) in [5.41, 5.74) is -0.424. The van der Waals surface area contributed by atoms with Gasteiger partial charge in [-0.25, -0.2) is 0 Å². The first-order chi connectivity index (χ1) is 9.50. The van der Waals surface area contributed by atoms with E-state index in [-0.39, 0.29) is 16.3 Å². The SMILES string of the molecule is O=C(NCc1sccc1Br)c1cccc(Cl)c1[N+](=O)[O-]. The van der Waals surface area contributed by atoms with E-state index in [9.17, 15) is 14.9 Å². The van der Waals surface area contributed by atoms with Gasteiger partial charge in [0.15, 0.2) is 0 Å². The number of nitrogens with zero attached hydrogens (tertiary/aromatic N) is 1. The number of thiophene rings is 1. The molecule has 0 atom stereocenters. The fourth-order valence-electron chi connectivity index (χ4n) is 1.59. The Morgan fingerprint density at radius 3 is 2.80 bits per heavy atom. The molecule has 2 rings (SSSR count). The van der Waals surface area contributed by atoms with E-state index in [4.69, 9.17) is 11.6 Å². The number of nitro groups is 1. The molecule has 1 amide bonds. The summed E-state index contributed by atoms with van der Waals surface area (Å²) >= 11 is 10.6. The zero-order valence-corrected chi connectivity index (χ0v) is 13.1. The van der Waals surface area contributed by atoms with Crippen molar-refractivity contribution in [1.82, 2.24) is 5.32 Å². The van der Waals surface area contributed by atoms with E-state index >= 15 is 0 Å². The van der Waals surface area contributed by atoms with Crippen molar-refractivity contribution in [2.24, 2.45) is 0 Å². The summed E-state index contributed by atoms with van der Waals surface area (Å²) in [7, 11) is 0. The van der Waals surface area contributed by atoms with Gasteiger partial charge in [0, 0.05) is 9.35 Å². The van der Waals surface area contributed by atoms with Crippen molar-refractivity contribution in [3.8, 4) is 0 Å². The summed E-state index contributed by atoms with van der Waals surface area (Å²) in [5, 5.41) is 15.4. The van der Waals surface area contributed by atoms with Crippen LogP contribution in [0.15, 0.2) is 34.1 Å². The second-order valence-electron chi connectivity index (χ2n) is 3.77. The Morgan fingerprint density at radius 1 is 1.45 bits per heavy atom. The van der Waals surface area contributed by atoms with Crippen molar-refractivity contribution in [3.63, 3.8) is 0 Å². The van der Waals surface area contributed by atoms with Crippen LogP contribution in [-0.2, 0) is 6.54 Å². The lowest BCUT2D eigenvalue weighted by Gasteiger charge is -2.06. The average Bonchev–Trinajstić information content (AvgIpc) is 2.80. The molecule has 0 fully saturated rings. The van der Waals surface area contributed by atoms with Crippen LogP contribution in [0, 0.1) is 10.1 Å². The van der Waals surface area contributed by atoms with Crippen LogP contribution in [0.4, 0.5) is 5.69 Å². The number of carbonyl (C=O) groups is 1. The van der Waals surface area contributed by atoms with E-state index in [2.05, 4.69) is 21.2 Å². The molecule has 1 N–H and O–H groups in total. The number of halogens is 2. The summed E-state index contributed by atoms with van der Waals surface area (Å²) in [5.74, 6) is -0.528. The molecule has 0 unspecified atom stereocenters. The summed E-state index contributed by atoms with van der Waals surface area (Å²) in [6.45, 7) is 0.292. The smallest absolute Gasteiger partial charge is 0.300 e. The molecule has 0 radical (unpaired) electrons. The topological polar surface area (TPSA) is 72.2 Å². The van der Waals surface area contributed by atoms with Gasteiger partial charge in [0.2, 0.25) is 0 Å². The maximum atomic E-state index is 12.0. The number of nitrogens with one attached hydrogen (secondary N) is 1. The lowest BCUT2D eigenvalue weighted by atomic mass is 10.1. The lowest BCUT2D eigenvalue weighted by Crippen LogP contribution is -2.23. The van der Waals surface area contributed by atoms with Crippen LogP contribution < -0.4 is 5.32 Å². The molecular weight excluding hydrogens is 368 g/mol. The molecule has 0 aliphatic rings. The van der Waals surface area contributed by atoms with Crippen molar-refractivity contribution in [1.29, 1.82) is 0 Å². The molecule has 1 aromatic heterocycles. The van der Waals surface area contributed by atoms with Gasteiger partial charge in [-0.3, -0.25) is 14.9 Å².